The number of hydrogen-bond acceptors (Lipinski definition) is 9. The van der Waals surface area contributed by atoms with Gasteiger partial charge in [0.05, 0.1) is 56.9 Å². The molecule has 1 fully saturated rings. The monoisotopic (exact) mass is 624 g/mol. The molecule has 11 nitrogen and oxygen atoms in total. The first kappa shape index (κ1) is 32.0. The number of piperazine rings is 1. The summed E-state index contributed by atoms with van der Waals surface area (Å²) in [5.41, 5.74) is -2.18. The van der Waals surface area contributed by atoms with Crippen LogP contribution in [0.15, 0.2) is 47.7 Å². The van der Waals surface area contributed by atoms with Gasteiger partial charge in [0.2, 0.25) is 11.9 Å². The maximum absolute atomic E-state index is 14.0. The zero-order valence-corrected chi connectivity index (χ0v) is 24.5. The Morgan fingerprint density at radius 3 is 2.35 bits per heavy atom. The lowest BCUT2D eigenvalue weighted by Gasteiger charge is -2.34. The van der Waals surface area contributed by atoms with Crippen LogP contribution in [0.1, 0.15) is 30.9 Å². The van der Waals surface area contributed by atoms with Gasteiger partial charge in [-0.05, 0) is 24.1 Å². The fraction of sp³-hybridized carbons (Fsp3) is 0.464. The van der Waals surface area contributed by atoms with Gasteiger partial charge in [0.15, 0.2) is 11.3 Å². The molecule has 0 N–H and O–H groups in total. The zero-order valence-electron chi connectivity index (χ0n) is 23.7. The van der Waals surface area contributed by atoms with E-state index in [9.17, 15) is 22.8 Å². The van der Waals surface area contributed by atoms with Crippen LogP contribution in [0.2, 0.25) is 5.02 Å². The van der Waals surface area contributed by atoms with Crippen molar-refractivity contribution in [1.82, 2.24) is 24.6 Å². The summed E-state index contributed by atoms with van der Waals surface area (Å²) in [7, 11) is 1.49. The highest BCUT2D eigenvalue weighted by atomic mass is 35.5. The number of halogens is 4. The number of hydrogen-bond donors (Lipinski definition) is 0. The van der Waals surface area contributed by atoms with Crippen LogP contribution in [-0.2, 0) is 22.3 Å². The Morgan fingerprint density at radius 1 is 1.07 bits per heavy atom. The lowest BCUT2D eigenvalue weighted by molar-refractivity contribution is -0.141. The van der Waals surface area contributed by atoms with Crippen LogP contribution in [0.4, 0.5) is 19.1 Å². The first-order valence-corrected chi connectivity index (χ1v) is 14.0. The molecule has 1 aromatic carbocycles. The maximum Gasteiger partial charge on any atom is 0.425 e. The van der Waals surface area contributed by atoms with E-state index in [0.29, 0.717) is 54.9 Å². The minimum atomic E-state index is -4.97. The van der Waals surface area contributed by atoms with Crippen LogP contribution in [0.25, 0.3) is 0 Å². The van der Waals surface area contributed by atoms with Crippen LogP contribution in [0, 0.1) is 0 Å². The molecular weight excluding hydrogens is 593 g/mol. The van der Waals surface area contributed by atoms with Crippen LogP contribution in [-0.4, -0.2) is 83.2 Å². The molecule has 3 aromatic rings. The van der Waals surface area contributed by atoms with Crippen molar-refractivity contribution in [1.29, 1.82) is 0 Å². The number of anilines is 1. The molecule has 1 aliphatic rings. The third-order valence-electron chi connectivity index (χ3n) is 6.82. The molecule has 232 valence electrons. The molecule has 4 rings (SSSR count). The predicted octanol–water partition coefficient (Wildman–Crippen LogP) is 3.68. The van der Waals surface area contributed by atoms with Gasteiger partial charge in [-0.3, -0.25) is 9.59 Å². The Kier molecular flexibility index (Phi) is 10.8. The van der Waals surface area contributed by atoms with Crippen molar-refractivity contribution in [3.8, 4) is 11.5 Å². The number of carbonyl (C=O) groups excluding carboxylic acids is 1. The van der Waals surface area contributed by atoms with Crippen LogP contribution in [0.3, 0.4) is 0 Å². The van der Waals surface area contributed by atoms with Crippen molar-refractivity contribution in [3.05, 3.63) is 69.4 Å². The van der Waals surface area contributed by atoms with Gasteiger partial charge in [-0.2, -0.15) is 18.3 Å². The fourth-order valence-corrected chi connectivity index (χ4v) is 4.51. The third-order valence-corrected chi connectivity index (χ3v) is 7.01. The molecule has 0 spiro atoms. The quantitative estimate of drug-likeness (QED) is 0.279. The first-order valence-electron chi connectivity index (χ1n) is 13.6. The summed E-state index contributed by atoms with van der Waals surface area (Å²) in [5, 5.41) is 4.36. The van der Waals surface area contributed by atoms with E-state index in [-0.39, 0.29) is 32.1 Å². The Labute approximate surface area is 251 Å². The maximum atomic E-state index is 14.0. The Morgan fingerprint density at radius 2 is 1.74 bits per heavy atom. The Hall–Kier alpha value is -3.91. The summed E-state index contributed by atoms with van der Waals surface area (Å²) in [4.78, 5) is 37.5. The van der Waals surface area contributed by atoms with Gasteiger partial charge >= 0.3 is 6.18 Å². The lowest BCUT2D eigenvalue weighted by Crippen LogP contribution is -2.49. The highest BCUT2D eigenvalue weighted by molar-refractivity contribution is 6.30. The van der Waals surface area contributed by atoms with Gasteiger partial charge in [0.25, 0.3) is 5.56 Å². The topological polar surface area (TPSA) is 112 Å². The smallest absolute Gasteiger partial charge is 0.425 e. The number of aromatic nitrogens is 4. The first-order chi connectivity index (χ1) is 20.6. The summed E-state index contributed by atoms with van der Waals surface area (Å²) >= 11 is 5.83. The molecular formula is C28H32ClF3N6O5. The summed E-state index contributed by atoms with van der Waals surface area (Å²) in [6, 6.07) is 6.55. The number of amides is 1. The minimum Gasteiger partial charge on any atom is -0.497 e. The van der Waals surface area contributed by atoms with E-state index in [4.69, 9.17) is 25.8 Å². The molecule has 0 aliphatic carbocycles. The molecule has 1 atom stereocenters. The van der Waals surface area contributed by atoms with Crippen molar-refractivity contribution in [2.75, 3.05) is 51.4 Å². The van der Waals surface area contributed by atoms with E-state index in [2.05, 4.69) is 15.1 Å². The van der Waals surface area contributed by atoms with E-state index in [1.165, 1.54) is 19.5 Å². The molecule has 0 radical (unpaired) electrons. The third kappa shape index (κ3) is 8.57. The van der Waals surface area contributed by atoms with Crippen LogP contribution >= 0.6 is 11.6 Å². The van der Waals surface area contributed by atoms with E-state index >= 15 is 0 Å². The second kappa shape index (κ2) is 14.5. The van der Waals surface area contributed by atoms with Crippen LogP contribution in [0.5, 0.6) is 11.5 Å². The number of alkyl halides is 3. The summed E-state index contributed by atoms with van der Waals surface area (Å²) < 4.78 is 58.9. The van der Waals surface area contributed by atoms with Gasteiger partial charge in [0, 0.05) is 26.2 Å². The van der Waals surface area contributed by atoms with Gasteiger partial charge < -0.3 is 24.0 Å². The van der Waals surface area contributed by atoms with Crippen LogP contribution < -0.4 is 19.9 Å². The standard InChI is InChI=1S/C28H32ClF3N6O5/c1-3-21(18-42-13-8-24(39)36-9-11-37(12-10-36)27-33-14-20(29)15-34-27)43-23-16-35-38(26(40)25(23)28(30,31)32)17-19-4-6-22(41-2)7-5-19/h4-7,14-16,21H,3,8-13,17-18H2,1-2H3. The molecule has 1 unspecified atom stereocenters. The average Bonchev–Trinajstić information content (AvgIpc) is 3.00. The van der Waals surface area contributed by atoms with E-state index in [0.717, 1.165) is 10.9 Å². The lowest BCUT2D eigenvalue weighted by atomic mass is 10.2. The normalized spacial score (nSPS) is 14.5. The second-order valence-corrected chi connectivity index (χ2v) is 10.2. The SMILES string of the molecule is CCC(COCCC(=O)N1CCN(c2ncc(Cl)cn2)CC1)Oc1cnn(Cc2ccc(OC)cc2)c(=O)c1C(F)(F)F. The summed E-state index contributed by atoms with van der Waals surface area (Å²) in [6.07, 6.45) is -1.42. The molecule has 0 saturated carbocycles. The number of carbonyl (C=O) groups is 1. The number of benzene rings is 1. The fourth-order valence-electron chi connectivity index (χ4n) is 4.41. The predicted molar refractivity (Wildman–Crippen MR) is 152 cm³/mol. The molecule has 0 bridgehead atoms. The van der Waals surface area contributed by atoms with Crippen molar-refractivity contribution in [2.24, 2.45) is 0 Å². The van der Waals surface area contributed by atoms with Gasteiger partial charge in [-0.25, -0.2) is 14.6 Å². The van der Waals surface area contributed by atoms with Gasteiger partial charge in [-0.15, -0.1) is 0 Å². The molecule has 3 heterocycles. The molecule has 1 amide bonds. The van der Waals surface area contributed by atoms with Gasteiger partial charge in [0.1, 0.15) is 11.9 Å². The van der Waals surface area contributed by atoms with E-state index < -0.39 is 29.2 Å². The summed E-state index contributed by atoms with van der Waals surface area (Å²) in [5.74, 6) is 0.348. The van der Waals surface area contributed by atoms with E-state index in [1.807, 2.05) is 4.90 Å². The Bertz CT molecular complexity index is 1410. The van der Waals surface area contributed by atoms with E-state index in [1.54, 1.807) is 36.1 Å². The molecule has 2 aromatic heterocycles. The molecule has 43 heavy (non-hydrogen) atoms. The van der Waals surface area contributed by atoms with Crippen molar-refractivity contribution >= 4 is 23.5 Å². The highest BCUT2D eigenvalue weighted by Crippen LogP contribution is 2.33. The number of rotatable bonds is 12. The molecule has 1 aliphatic heterocycles. The minimum absolute atomic E-state index is 0.0625. The number of methoxy groups -OCH3 is 1. The Balaban J connectivity index is 1.29. The average molecular weight is 625 g/mol. The molecule has 1 saturated heterocycles. The van der Waals surface area contributed by atoms with Crippen molar-refractivity contribution in [3.63, 3.8) is 0 Å². The van der Waals surface area contributed by atoms with Gasteiger partial charge in [-0.1, -0.05) is 30.7 Å². The highest BCUT2D eigenvalue weighted by Gasteiger charge is 2.39. The van der Waals surface area contributed by atoms with Crippen molar-refractivity contribution < 1.29 is 32.2 Å². The zero-order chi connectivity index (χ0) is 31.0. The van der Waals surface area contributed by atoms with Crippen molar-refractivity contribution in [2.45, 2.75) is 38.6 Å². The second-order valence-electron chi connectivity index (χ2n) is 9.73. The largest absolute Gasteiger partial charge is 0.497 e. The number of ether oxygens (including phenoxy) is 3. The molecule has 15 heteroatoms. The number of nitrogens with zero attached hydrogens (tertiary/aromatic N) is 6. The summed E-state index contributed by atoms with van der Waals surface area (Å²) in [6.45, 7) is 3.65.